The van der Waals surface area contributed by atoms with Gasteiger partial charge in [-0.15, -0.1) is 0 Å². The Bertz CT molecular complexity index is 4630. The van der Waals surface area contributed by atoms with Crippen LogP contribution in [0.3, 0.4) is 0 Å². The molecule has 9 aromatic rings. The predicted molar refractivity (Wildman–Crippen MR) is 323 cm³/mol. The molecular weight excluding hydrogens is 1320 g/mol. The van der Waals surface area contributed by atoms with Crippen LogP contribution in [0, 0.1) is 6.92 Å². The maximum absolute atomic E-state index is 9.14. The monoisotopic (exact) mass is 1390 g/mol. The fourth-order valence-corrected chi connectivity index (χ4v) is 17.5. The van der Waals surface area contributed by atoms with E-state index in [2.05, 4.69) is 70.5 Å². The third kappa shape index (κ3) is 7.10. The Labute approximate surface area is 488 Å². The molecule has 0 fully saturated rings. The van der Waals surface area contributed by atoms with Crippen molar-refractivity contribution < 1.29 is 51.7 Å². The summed E-state index contributed by atoms with van der Waals surface area (Å²) >= 11 is -3.34. The summed E-state index contributed by atoms with van der Waals surface area (Å²) in [6.07, 6.45) is 0. The topological polar surface area (TPSA) is 35.6 Å². The van der Waals surface area contributed by atoms with E-state index in [-0.39, 0.29) is 0 Å². The molecule has 0 amide bonds. The van der Waals surface area contributed by atoms with Crippen molar-refractivity contribution in [2.75, 3.05) is 95.9 Å². The number of anilines is 19. The average molecular weight is 1390 g/mol. The molecule has 0 N–H and O–H groups in total. The van der Waals surface area contributed by atoms with Gasteiger partial charge in [0, 0.05) is 0 Å². The van der Waals surface area contributed by atoms with Crippen LogP contribution in [0.15, 0.2) is 206 Å². The van der Waals surface area contributed by atoms with E-state index in [1.807, 2.05) is 179 Å². The first-order valence-corrected chi connectivity index (χ1v) is 29.7. The van der Waals surface area contributed by atoms with Crippen molar-refractivity contribution in [1.29, 1.82) is 0 Å². The van der Waals surface area contributed by atoms with E-state index in [4.69, 9.17) is 16.4 Å². The maximum atomic E-state index is 9.14. The summed E-state index contributed by atoms with van der Waals surface area (Å²) in [6, 6.07) is 66.4. The molecule has 13 heteroatoms. The molecular formula is C65H55N11Pt2. The van der Waals surface area contributed by atoms with Crippen molar-refractivity contribution in [1.82, 2.24) is 0 Å². The number of hydrogen-bond acceptors (Lipinski definition) is 11. The quantitative estimate of drug-likeness (QED) is 0.170. The first kappa shape index (κ1) is 35.9. The number of nitrogens with zero attached hydrogens (tertiary/aromatic N) is 11. The van der Waals surface area contributed by atoms with Crippen LogP contribution in [0.25, 0.3) is 0 Å². The summed E-state index contributed by atoms with van der Waals surface area (Å²) in [6.45, 7) is -8.60. The second kappa shape index (κ2) is 17.8. The minimum absolute atomic E-state index is 0.458. The van der Waals surface area contributed by atoms with Gasteiger partial charge >= 0.3 is 491 Å². The van der Waals surface area contributed by atoms with E-state index in [1.54, 1.807) is 12.1 Å². The summed E-state index contributed by atoms with van der Waals surface area (Å²) in [4.78, 5) is 20.0. The van der Waals surface area contributed by atoms with Gasteiger partial charge in [-0.2, -0.15) is 0 Å². The van der Waals surface area contributed by atoms with Crippen molar-refractivity contribution in [2.24, 2.45) is 0 Å². The van der Waals surface area contributed by atoms with Gasteiger partial charge in [0.1, 0.15) is 0 Å². The van der Waals surface area contributed by atoms with Crippen LogP contribution in [0.2, 0.25) is 0 Å². The van der Waals surface area contributed by atoms with Crippen LogP contribution in [0.1, 0.15) is 22.0 Å². The Morgan fingerprint density at radius 2 is 0.577 bits per heavy atom. The number of aryl methyl sites for hydroxylation is 1. The minimum atomic E-state index is -2.66. The van der Waals surface area contributed by atoms with Crippen LogP contribution in [-0.2, 0) is 35.3 Å². The Kier molecular flexibility index (Phi) is 8.21. The van der Waals surface area contributed by atoms with Crippen LogP contribution in [-0.4, -0.2) is 58.6 Å². The third-order valence-electron chi connectivity index (χ3n) is 14.6. The molecule has 15 rings (SSSR count). The summed E-state index contributed by atoms with van der Waals surface area (Å²) in [7, 11) is 3.93. The van der Waals surface area contributed by atoms with E-state index < -0.39 is 63.2 Å². The van der Waals surface area contributed by atoms with Gasteiger partial charge in [-0.25, -0.2) is 0 Å². The van der Waals surface area contributed by atoms with Crippen molar-refractivity contribution in [3.8, 4) is 0 Å². The zero-order chi connectivity index (χ0) is 62.7. The number of hydrogen-bond donors (Lipinski definition) is 0. The first-order valence-electron chi connectivity index (χ1n) is 31.2. The van der Waals surface area contributed by atoms with E-state index in [1.165, 1.54) is 19.6 Å². The summed E-state index contributed by atoms with van der Waals surface area (Å²) < 4.78 is 111. The number of fused-ring (bicyclic) bond motifs is 24. The van der Waals surface area contributed by atoms with Crippen LogP contribution in [0.4, 0.5) is 108 Å². The molecule has 6 heterocycles. The molecule has 0 saturated carbocycles. The number of para-hydroxylation sites is 8. The molecule has 0 aromatic heterocycles. The standard InChI is InChI=1S/C65H55N11.2Pt/c1-46-34-54(73-44-69(6)60-24-10-14-28-64(60)73)40-56(35-46)75(51-20-16-18-49(36-51)71-42-67(4)58-22-8-12-26-62(58)71)47-30-32-48(33-31-47)76(52-21-17-19-50(37-52)72-43-68(5)59-23-9-13-27-63(59)72)57-39-53(66(2)3)38-55(41-57)74-45-70(7)61-25-11-15-29-65(61)74;;/h8-41H,1-7H3;;/i4D3,5D3,6D3,7D3;;. The molecule has 11 nitrogen and oxygen atoms in total. The summed E-state index contributed by atoms with van der Waals surface area (Å²) in [5.41, 5.74) is 13.6. The van der Waals surface area contributed by atoms with Gasteiger partial charge in [-0.3, -0.25) is 0 Å². The summed E-state index contributed by atoms with van der Waals surface area (Å²) in [5, 5.41) is 0. The molecule has 78 heavy (non-hydrogen) atoms. The predicted octanol–water partition coefficient (Wildman–Crippen LogP) is 13.9. The molecule has 0 atom stereocenters. The van der Waals surface area contributed by atoms with Gasteiger partial charge in [-0.05, 0) is 0 Å². The number of benzene rings is 9. The van der Waals surface area contributed by atoms with Crippen LogP contribution >= 0.6 is 0 Å². The molecule has 6 aliphatic heterocycles. The van der Waals surface area contributed by atoms with E-state index in [9.17, 15) is 0 Å². The Morgan fingerprint density at radius 1 is 0.295 bits per heavy atom. The molecule has 6 aliphatic rings. The zero-order valence-electron chi connectivity index (χ0n) is 54.2. The van der Waals surface area contributed by atoms with Crippen molar-refractivity contribution >= 4 is 125 Å². The van der Waals surface area contributed by atoms with E-state index in [0.29, 0.717) is 84.8 Å². The van der Waals surface area contributed by atoms with E-state index >= 15 is 0 Å². The Morgan fingerprint density at radius 3 is 0.923 bits per heavy atom. The van der Waals surface area contributed by atoms with E-state index in [0.717, 1.165) is 45.4 Å². The first-order chi connectivity index (χ1) is 42.9. The van der Waals surface area contributed by atoms with Gasteiger partial charge in [0.15, 0.2) is 0 Å². The summed E-state index contributed by atoms with van der Waals surface area (Å²) in [5.74, 6) is 0. The average Bonchev–Trinajstić information content (AvgIpc) is 1.56. The molecule has 0 spiro atoms. The SMILES string of the molecule is [2H]C([2H])([2H])N1[C]2=[Pt]=[C]3N(c4cc(C)cc(c4)N(c4ccc(N5c6cccc(c6)N6[C](=[Pt]=[C]7N(c8cc(N(C)C)cc5c8)c5ccccc5N7C([2H])([2H])[2H])N(C([2H])([2H])[2H])c5ccccc56)cc4)c4cccc(c4)N2c2ccccc21)c1ccccc1N3C([2H])([2H])[2H]. The van der Waals surface area contributed by atoms with Crippen molar-refractivity contribution in [2.45, 2.75) is 6.92 Å². The van der Waals surface area contributed by atoms with Gasteiger partial charge < -0.3 is 0 Å². The fraction of sp³-hybridized carbons (Fsp3) is 0.108. The molecule has 390 valence electrons. The molecule has 0 saturated heterocycles. The van der Waals surface area contributed by atoms with Crippen molar-refractivity contribution in [3.05, 3.63) is 212 Å². The van der Waals surface area contributed by atoms with Gasteiger partial charge in [0.05, 0.1) is 0 Å². The fourth-order valence-electron chi connectivity index (χ4n) is 11.1. The van der Waals surface area contributed by atoms with Crippen LogP contribution < -0.4 is 53.9 Å². The normalized spacial score (nSPS) is 18.8. The van der Waals surface area contributed by atoms with Crippen LogP contribution in [0.5, 0.6) is 0 Å². The molecule has 9 aromatic carbocycles. The Hall–Kier alpha value is -8.36. The third-order valence-corrected chi connectivity index (χ3v) is 20.7. The molecule has 0 radical (unpaired) electrons. The van der Waals surface area contributed by atoms with Gasteiger partial charge in [0.2, 0.25) is 0 Å². The van der Waals surface area contributed by atoms with Gasteiger partial charge in [-0.1, -0.05) is 0 Å². The second-order valence-electron chi connectivity index (χ2n) is 19.6. The molecule has 0 unspecified atom stereocenters. The Balaban J connectivity index is 0.956. The van der Waals surface area contributed by atoms with Crippen molar-refractivity contribution in [3.63, 3.8) is 0 Å². The van der Waals surface area contributed by atoms with Gasteiger partial charge in [0.25, 0.3) is 0 Å². The molecule has 0 aliphatic carbocycles. The number of rotatable bonds is 3. The second-order valence-corrected chi connectivity index (χ2v) is 24.8. The molecule has 8 bridgehead atoms. The zero-order valence-corrected chi connectivity index (χ0v) is 46.7.